The summed E-state index contributed by atoms with van der Waals surface area (Å²) in [6, 6.07) is 5.78. The number of hydrogen-bond acceptors (Lipinski definition) is 5. The SMILES string of the molecule is O=C1NC2(CCCC2)C(=O)N1CCC(=O)N1CCc2sccc2[C@@H]1c1cccs1. The van der Waals surface area contributed by atoms with E-state index in [1.54, 1.807) is 22.7 Å². The second-order valence-corrected chi connectivity index (χ2v) is 9.96. The molecule has 4 heterocycles. The van der Waals surface area contributed by atoms with Gasteiger partial charge in [-0.15, -0.1) is 22.7 Å². The summed E-state index contributed by atoms with van der Waals surface area (Å²) in [6.07, 6.45) is 4.34. The van der Waals surface area contributed by atoms with Gasteiger partial charge in [0.1, 0.15) is 5.54 Å². The molecule has 2 aromatic heterocycles. The number of imide groups is 1. The summed E-state index contributed by atoms with van der Waals surface area (Å²) in [6.45, 7) is 0.814. The number of nitrogens with zero attached hydrogens (tertiary/aromatic N) is 2. The molecular weight excluding hydrogens is 406 g/mol. The molecule has 3 aliphatic rings. The van der Waals surface area contributed by atoms with Crippen LogP contribution < -0.4 is 5.32 Å². The fraction of sp³-hybridized carbons (Fsp3) is 0.476. The molecule has 8 heteroatoms. The van der Waals surface area contributed by atoms with Crippen molar-refractivity contribution in [3.05, 3.63) is 44.3 Å². The average molecular weight is 430 g/mol. The topological polar surface area (TPSA) is 69.7 Å². The van der Waals surface area contributed by atoms with Gasteiger partial charge < -0.3 is 10.2 Å². The summed E-state index contributed by atoms with van der Waals surface area (Å²) in [7, 11) is 0. The number of carbonyl (C=O) groups excluding carboxylic acids is 3. The number of hydrogen-bond donors (Lipinski definition) is 1. The highest BCUT2D eigenvalue weighted by Gasteiger charge is 2.52. The van der Waals surface area contributed by atoms with Crippen molar-refractivity contribution in [2.75, 3.05) is 13.1 Å². The van der Waals surface area contributed by atoms with Gasteiger partial charge in [-0.05, 0) is 47.7 Å². The highest BCUT2D eigenvalue weighted by atomic mass is 32.1. The molecule has 152 valence electrons. The van der Waals surface area contributed by atoms with E-state index >= 15 is 0 Å². The van der Waals surface area contributed by atoms with E-state index in [9.17, 15) is 14.4 Å². The first-order valence-electron chi connectivity index (χ1n) is 10.1. The van der Waals surface area contributed by atoms with Gasteiger partial charge in [-0.2, -0.15) is 0 Å². The van der Waals surface area contributed by atoms with Crippen molar-refractivity contribution in [3.8, 4) is 0 Å². The lowest BCUT2D eigenvalue weighted by Crippen LogP contribution is -2.44. The molecule has 2 fully saturated rings. The van der Waals surface area contributed by atoms with E-state index in [2.05, 4.69) is 22.8 Å². The lowest BCUT2D eigenvalue weighted by Gasteiger charge is -2.35. The third-order valence-electron chi connectivity index (χ3n) is 6.35. The standard InChI is InChI=1S/C21H23N3O3S2/c25-17(6-11-24-19(26)21(22-20(24)27)8-1-2-9-21)23-10-5-15-14(7-13-29-15)18(23)16-4-3-12-28-16/h3-4,7,12-13,18H,1-2,5-6,8-11H2,(H,22,27)/t18-/m1/s1. The highest BCUT2D eigenvalue weighted by Crippen LogP contribution is 2.40. The van der Waals surface area contributed by atoms with E-state index < -0.39 is 5.54 Å². The molecule has 1 aliphatic carbocycles. The number of thiophene rings is 2. The summed E-state index contributed by atoms with van der Waals surface area (Å²) in [5.41, 5.74) is 0.494. The fourth-order valence-electron chi connectivity index (χ4n) is 4.89. The predicted molar refractivity (Wildman–Crippen MR) is 112 cm³/mol. The van der Waals surface area contributed by atoms with Crippen LogP contribution in [-0.2, 0) is 16.0 Å². The van der Waals surface area contributed by atoms with Crippen LogP contribution in [0.4, 0.5) is 4.79 Å². The van der Waals surface area contributed by atoms with Gasteiger partial charge in [0, 0.05) is 29.3 Å². The molecule has 0 aromatic carbocycles. The van der Waals surface area contributed by atoms with Crippen molar-refractivity contribution in [1.82, 2.24) is 15.1 Å². The van der Waals surface area contributed by atoms with Crippen molar-refractivity contribution in [2.24, 2.45) is 0 Å². The van der Waals surface area contributed by atoms with Crippen LogP contribution in [0.15, 0.2) is 29.0 Å². The van der Waals surface area contributed by atoms with E-state index in [-0.39, 0.29) is 36.9 Å². The Bertz CT molecular complexity index is 946. The van der Waals surface area contributed by atoms with Crippen LogP contribution in [-0.4, -0.2) is 46.3 Å². The zero-order chi connectivity index (χ0) is 20.0. The van der Waals surface area contributed by atoms with Crippen molar-refractivity contribution in [1.29, 1.82) is 0 Å². The first kappa shape index (κ1) is 18.8. The molecule has 1 atom stereocenters. The summed E-state index contributed by atoms with van der Waals surface area (Å²) in [5, 5.41) is 7.01. The number of urea groups is 1. The Labute approximate surface area is 177 Å². The highest BCUT2D eigenvalue weighted by molar-refractivity contribution is 7.10. The predicted octanol–water partition coefficient (Wildman–Crippen LogP) is 3.54. The molecule has 1 saturated heterocycles. The van der Waals surface area contributed by atoms with Gasteiger partial charge in [-0.25, -0.2) is 4.79 Å². The molecule has 6 nitrogen and oxygen atoms in total. The fourth-order valence-corrected chi connectivity index (χ4v) is 6.64. The van der Waals surface area contributed by atoms with Crippen LogP contribution in [0.1, 0.15) is 53.5 Å². The Kier molecular flexibility index (Phi) is 4.70. The first-order chi connectivity index (χ1) is 14.1. The van der Waals surface area contributed by atoms with E-state index in [4.69, 9.17) is 0 Å². The number of carbonyl (C=O) groups is 3. The molecule has 4 amide bonds. The maximum Gasteiger partial charge on any atom is 0.325 e. The van der Waals surface area contributed by atoms with Crippen LogP contribution in [0, 0.1) is 0 Å². The molecule has 29 heavy (non-hydrogen) atoms. The van der Waals surface area contributed by atoms with Gasteiger partial charge in [0.05, 0.1) is 6.04 Å². The molecule has 1 spiro atoms. The first-order valence-corrected chi connectivity index (χ1v) is 11.9. The van der Waals surface area contributed by atoms with Gasteiger partial charge in [0.2, 0.25) is 5.91 Å². The minimum Gasteiger partial charge on any atom is -0.330 e. The van der Waals surface area contributed by atoms with E-state index in [1.807, 2.05) is 16.3 Å². The Morgan fingerprint density at radius 2 is 2.00 bits per heavy atom. The molecule has 1 saturated carbocycles. The quantitative estimate of drug-likeness (QED) is 0.756. The van der Waals surface area contributed by atoms with Gasteiger partial charge >= 0.3 is 6.03 Å². The van der Waals surface area contributed by atoms with E-state index in [0.717, 1.165) is 24.1 Å². The van der Waals surface area contributed by atoms with Gasteiger partial charge in [-0.3, -0.25) is 14.5 Å². The lowest BCUT2D eigenvalue weighted by molar-refractivity contribution is -0.135. The van der Waals surface area contributed by atoms with E-state index in [1.165, 1.54) is 15.3 Å². The zero-order valence-electron chi connectivity index (χ0n) is 16.1. The summed E-state index contributed by atoms with van der Waals surface area (Å²) < 4.78 is 0. The maximum absolute atomic E-state index is 13.2. The van der Waals surface area contributed by atoms with Crippen molar-refractivity contribution in [2.45, 2.75) is 50.1 Å². The van der Waals surface area contributed by atoms with Crippen LogP contribution in [0.5, 0.6) is 0 Å². The summed E-state index contributed by atoms with van der Waals surface area (Å²) in [4.78, 5) is 44.1. The maximum atomic E-state index is 13.2. The smallest absolute Gasteiger partial charge is 0.325 e. The molecule has 2 aliphatic heterocycles. The molecule has 0 bridgehead atoms. The van der Waals surface area contributed by atoms with Crippen molar-refractivity contribution >= 4 is 40.5 Å². The van der Waals surface area contributed by atoms with Crippen LogP contribution in [0.2, 0.25) is 0 Å². The number of nitrogens with one attached hydrogen (secondary N) is 1. The Hall–Kier alpha value is -2.19. The normalized spacial score (nSPS) is 23.0. The average Bonchev–Trinajstić information content (AvgIpc) is 3.49. The largest absolute Gasteiger partial charge is 0.330 e. The van der Waals surface area contributed by atoms with Crippen LogP contribution >= 0.6 is 22.7 Å². The Morgan fingerprint density at radius 3 is 2.76 bits per heavy atom. The molecule has 2 aromatic rings. The van der Waals surface area contributed by atoms with Gasteiger partial charge in [0.25, 0.3) is 5.91 Å². The third-order valence-corrected chi connectivity index (χ3v) is 8.27. The zero-order valence-corrected chi connectivity index (χ0v) is 17.7. The second-order valence-electron chi connectivity index (χ2n) is 7.98. The number of amides is 4. The Morgan fingerprint density at radius 1 is 1.17 bits per heavy atom. The number of fused-ring (bicyclic) bond motifs is 1. The summed E-state index contributed by atoms with van der Waals surface area (Å²) >= 11 is 3.40. The lowest BCUT2D eigenvalue weighted by atomic mass is 9.97. The molecular formula is C21H23N3O3S2. The van der Waals surface area contributed by atoms with Gasteiger partial charge in [-0.1, -0.05) is 18.9 Å². The second kappa shape index (κ2) is 7.25. The van der Waals surface area contributed by atoms with Crippen molar-refractivity contribution < 1.29 is 14.4 Å². The molecule has 1 N–H and O–H groups in total. The summed E-state index contributed by atoms with van der Waals surface area (Å²) in [5.74, 6) is -0.158. The van der Waals surface area contributed by atoms with Crippen molar-refractivity contribution in [3.63, 3.8) is 0 Å². The molecule has 0 radical (unpaired) electrons. The molecule has 0 unspecified atom stereocenters. The van der Waals surface area contributed by atoms with Crippen LogP contribution in [0.3, 0.4) is 0 Å². The monoisotopic (exact) mass is 429 g/mol. The molecule has 5 rings (SSSR count). The minimum atomic E-state index is -0.712. The van der Waals surface area contributed by atoms with E-state index in [0.29, 0.717) is 19.4 Å². The third kappa shape index (κ3) is 3.09. The van der Waals surface area contributed by atoms with Gasteiger partial charge in [0.15, 0.2) is 0 Å². The number of rotatable bonds is 4. The van der Waals surface area contributed by atoms with Crippen LogP contribution in [0.25, 0.3) is 0 Å². The minimum absolute atomic E-state index is 0.00628. The Balaban J connectivity index is 1.32.